The first-order chi connectivity index (χ1) is 29.6. The largest absolute Gasteiger partial charge is 0.0984 e. The predicted molar refractivity (Wildman–Crippen MR) is 265 cm³/mol. The molecule has 0 saturated carbocycles. The fourth-order valence-electron chi connectivity index (χ4n) is 8.29. The lowest BCUT2D eigenvalue weighted by Gasteiger charge is -2.17. The van der Waals surface area contributed by atoms with E-state index in [-0.39, 0.29) is 0 Å². The van der Waals surface area contributed by atoms with Crippen molar-refractivity contribution in [3.8, 4) is 55.6 Å². The van der Waals surface area contributed by atoms with Gasteiger partial charge in [-0.3, -0.25) is 0 Å². The molecule has 0 fully saturated rings. The molecule has 0 aromatic heterocycles. The first-order valence-corrected chi connectivity index (χ1v) is 20.9. The maximum atomic E-state index is 4.27. The molecule has 0 bridgehead atoms. The average molecular weight is 771 g/mol. The second-order valence-electron chi connectivity index (χ2n) is 15.1. The molecule has 0 N–H and O–H groups in total. The van der Waals surface area contributed by atoms with Crippen molar-refractivity contribution in [2.75, 3.05) is 0 Å². The summed E-state index contributed by atoms with van der Waals surface area (Å²) in [6, 6.07) is 59.9. The molecule has 0 heterocycles. The lowest BCUT2D eigenvalue weighted by Crippen LogP contribution is -1.93. The molecule has 8 aromatic carbocycles. The van der Waals surface area contributed by atoms with Gasteiger partial charge in [-0.25, -0.2) is 0 Å². The van der Waals surface area contributed by atoms with Crippen LogP contribution in [0.5, 0.6) is 0 Å². The molecule has 0 saturated heterocycles. The summed E-state index contributed by atoms with van der Waals surface area (Å²) in [4.78, 5) is 0. The second-order valence-corrected chi connectivity index (χ2v) is 15.1. The third-order valence-corrected chi connectivity index (χ3v) is 11.3. The highest BCUT2D eigenvalue weighted by Gasteiger charge is 2.16. The van der Waals surface area contributed by atoms with Crippen LogP contribution in [0.1, 0.15) is 43.4 Å². The maximum Gasteiger partial charge on any atom is -0.00926 e. The molecule has 60 heavy (non-hydrogen) atoms. The molecule has 0 amide bonds. The highest BCUT2D eigenvalue weighted by atomic mass is 14.2. The highest BCUT2D eigenvalue weighted by Crippen LogP contribution is 2.41. The summed E-state index contributed by atoms with van der Waals surface area (Å²) < 4.78 is 0. The van der Waals surface area contributed by atoms with Crippen LogP contribution < -0.4 is 0 Å². The lowest BCUT2D eigenvalue weighted by molar-refractivity contribution is 1.04. The van der Waals surface area contributed by atoms with Crippen LogP contribution in [0.3, 0.4) is 0 Å². The highest BCUT2D eigenvalue weighted by molar-refractivity contribution is 6.16. The van der Waals surface area contributed by atoms with Gasteiger partial charge in [-0.15, -0.1) is 0 Å². The lowest BCUT2D eigenvalue weighted by atomic mass is 9.86. The minimum atomic E-state index is 1.07. The van der Waals surface area contributed by atoms with E-state index in [2.05, 4.69) is 195 Å². The van der Waals surface area contributed by atoms with Gasteiger partial charge < -0.3 is 0 Å². The van der Waals surface area contributed by atoms with Gasteiger partial charge in [0, 0.05) is 0 Å². The molecule has 0 radical (unpaired) electrons. The van der Waals surface area contributed by atoms with Crippen LogP contribution in [-0.2, 0) is 0 Å². The van der Waals surface area contributed by atoms with Gasteiger partial charge >= 0.3 is 0 Å². The standard InChI is InChI=1S/C54H40.C6H10/c1-3-49-50(4-2)52-28-26-42(48-33-45(39-21-13-7-14-22-39)30-46(34-48)40-23-15-8-16-24-40)36-54(52)53-35-41(25-27-51(49)53)47-31-43(37-17-9-5-10-18-37)29-44(32-47)38-19-11-6-12-20-38;1-3-5-6-4-2/h3-7,9-15,17-36H,1-2,8,16H2;3-6H,1-2H3/b;5-3-,6-4-. The molecule has 0 heteroatoms. The van der Waals surface area contributed by atoms with E-state index in [1.54, 1.807) is 0 Å². The number of hydrogen-bond acceptors (Lipinski definition) is 0. The van der Waals surface area contributed by atoms with Crippen LogP contribution >= 0.6 is 0 Å². The molecular formula is C60H50. The summed E-state index contributed by atoms with van der Waals surface area (Å²) in [5.41, 5.74) is 16.7. The van der Waals surface area contributed by atoms with E-state index in [0.29, 0.717) is 0 Å². The molecule has 0 aliphatic heterocycles. The number of allylic oxidation sites excluding steroid dienone is 8. The molecule has 0 spiro atoms. The zero-order valence-corrected chi connectivity index (χ0v) is 34.6. The second kappa shape index (κ2) is 18.5. The first-order valence-electron chi connectivity index (χ1n) is 20.9. The Kier molecular flexibility index (Phi) is 12.2. The quantitative estimate of drug-likeness (QED) is 0.101. The van der Waals surface area contributed by atoms with Gasteiger partial charge in [0.15, 0.2) is 0 Å². The first kappa shape index (κ1) is 39.5. The van der Waals surface area contributed by atoms with Gasteiger partial charge in [0.25, 0.3) is 0 Å². The van der Waals surface area contributed by atoms with Crippen molar-refractivity contribution < 1.29 is 0 Å². The third-order valence-electron chi connectivity index (χ3n) is 11.3. The van der Waals surface area contributed by atoms with Crippen molar-refractivity contribution in [2.45, 2.75) is 26.7 Å². The number of hydrogen-bond donors (Lipinski definition) is 0. The van der Waals surface area contributed by atoms with Gasteiger partial charge in [-0.05, 0) is 175 Å². The summed E-state index contributed by atoms with van der Waals surface area (Å²) in [6.07, 6.45) is 21.1. The molecule has 1 aliphatic carbocycles. The van der Waals surface area contributed by atoms with E-state index >= 15 is 0 Å². The zero-order valence-electron chi connectivity index (χ0n) is 34.6. The molecule has 8 aromatic rings. The molecular weight excluding hydrogens is 721 g/mol. The van der Waals surface area contributed by atoms with E-state index in [1.165, 1.54) is 88.3 Å². The predicted octanol–water partition coefficient (Wildman–Crippen LogP) is 17.5. The Balaban J connectivity index is 0.000000776. The minimum absolute atomic E-state index is 1.07. The van der Waals surface area contributed by atoms with Crippen molar-refractivity contribution in [1.82, 2.24) is 0 Å². The summed E-state index contributed by atoms with van der Waals surface area (Å²) >= 11 is 0. The topological polar surface area (TPSA) is 0 Å². The van der Waals surface area contributed by atoms with Crippen LogP contribution in [0.2, 0.25) is 0 Å². The fraction of sp³-hybridized carbons (Fsp3) is 0.0667. The minimum Gasteiger partial charge on any atom is -0.0984 e. The number of rotatable bonds is 9. The van der Waals surface area contributed by atoms with Gasteiger partial charge in [0.2, 0.25) is 0 Å². The molecule has 9 rings (SSSR count). The monoisotopic (exact) mass is 770 g/mol. The molecule has 0 nitrogen and oxygen atoms in total. The van der Waals surface area contributed by atoms with Gasteiger partial charge in [-0.2, -0.15) is 0 Å². The summed E-state index contributed by atoms with van der Waals surface area (Å²) in [5.74, 6) is 0. The summed E-state index contributed by atoms with van der Waals surface area (Å²) in [7, 11) is 0. The van der Waals surface area contributed by atoms with E-state index in [1.807, 2.05) is 50.3 Å². The fourth-order valence-corrected chi connectivity index (χ4v) is 8.29. The summed E-state index contributed by atoms with van der Waals surface area (Å²) in [6.45, 7) is 12.5. The Hall–Kier alpha value is -7.28. The van der Waals surface area contributed by atoms with Crippen LogP contribution in [0.15, 0.2) is 219 Å². The zero-order chi connectivity index (χ0) is 41.3. The Bertz CT molecular complexity index is 2870. The van der Waals surface area contributed by atoms with Crippen LogP contribution in [-0.4, -0.2) is 0 Å². The molecule has 0 atom stereocenters. The Morgan fingerprint density at radius 1 is 0.367 bits per heavy atom. The van der Waals surface area contributed by atoms with Crippen molar-refractivity contribution in [3.63, 3.8) is 0 Å². The van der Waals surface area contributed by atoms with Crippen LogP contribution in [0.4, 0.5) is 0 Å². The number of benzene rings is 8. The van der Waals surface area contributed by atoms with Crippen molar-refractivity contribution >= 4 is 39.3 Å². The van der Waals surface area contributed by atoms with Gasteiger partial charge in [0.1, 0.15) is 0 Å². The van der Waals surface area contributed by atoms with Gasteiger partial charge in [-0.1, -0.05) is 183 Å². The van der Waals surface area contributed by atoms with Crippen LogP contribution in [0.25, 0.3) is 94.9 Å². The molecule has 1 aliphatic rings. The summed E-state index contributed by atoms with van der Waals surface area (Å²) in [5, 5.41) is 4.75. The molecule has 290 valence electrons. The normalized spacial score (nSPS) is 12.4. The Morgan fingerprint density at radius 3 is 1.10 bits per heavy atom. The third kappa shape index (κ3) is 8.46. The Morgan fingerprint density at radius 2 is 0.750 bits per heavy atom. The van der Waals surface area contributed by atoms with Crippen molar-refractivity contribution in [3.05, 3.63) is 236 Å². The van der Waals surface area contributed by atoms with E-state index in [0.717, 1.165) is 24.0 Å². The number of fused-ring (bicyclic) bond motifs is 3. The van der Waals surface area contributed by atoms with Crippen LogP contribution in [0, 0.1) is 0 Å². The van der Waals surface area contributed by atoms with Crippen molar-refractivity contribution in [2.24, 2.45) is 0 Å². The average Bonchev–Trinajstić information content (AvgIpc) is 3.33. The Labute approximate surface area is 356 Å². The van der Waals surface area contributed by atoms with Crippen molar-refractivity contribution in [1.29, 1.82) is 0 Å². The SMILES string of the molecule is C/C=C\C=C/C.C=Cc1c(C=C)c2ccc(-c3cc(-c4ccccc4)cc(-c4ccccc4)c3)cc2c2cc(-c3cc(C4=CCCC=C4)cc(-c4ccccc4)c3)ccc12. The van der Waals surface area contributed by atoms with E-state index in [4.69, 9.17) is 0 Å². The smallest absolute Gasteiger partial charge is 0.00926 e. The van der Waals surface area contributed by atoms with E-state index in [9.17, 15) is 0 Å². The maximum absolute atomic E-state index is 4.27. The van der Waals surface area contributed by atoms with E-state index < -0.39 is 0 Å². The van der Waals surface area contributed by atoms with Gasteiger partial charge in [0.05, 0.1) is 0 Å². The molecule has 0 unspecified atom stereocenters.